The van der Waals surface area contributed by atoms with Crippen molar-refractivity contribution >= 4 is 5.97 Å². The smallest absolute Gasteiger partial charge is 0.317 e. The van der Waals surface area contributed by atoms with Gasteiger partial charge < -0.3 is 45.2 Å². The fourth-order valence-corrected chi connectivity index (χ4v) is 9.50. The van der Waals surface area contributed by atoms with Crippen molar-refractivity contribution in [1.82, 2.24) is 0 Å². The first kappa shape index (κ1) is 26.7. The molecule has 7 N–H and O–H groups in total. The summed E-state index contributed by atoms with van der Waals surface area (Å²) in [4.78, 5) is 13.8. The molecule has 1 spiro atoms. The predicted octanol–water partition coefficient (Wildman–Crippen LogP) is -0.562. The first-order chi connectivity index (χ1) is 17.0. The Kier molecular flexibility index (Phi) is 6.77. The molecule has 0 aromatic carbocycles. The van der Waals surface area contributed by atoms with Crippen molar-refractivity contribution < 1.29 is 50.0 Å². The maximum atomic E-state index is 13.8. The molecule has 2 bridgehead atoms. The molecule has 1 saturated heterocycles. The lowest BCUT2D eigenvalue weighted by atomic mass is 9.40. The number of ether oxygens (including phenoxy) is 2. The third-order valence-corrected chi connectivity index (χ3v) is 11.2. The van der Waals surface area contributed by atoms with Crippen molar-refractivity contribution in [1.29, 1.82) is 0 Å². The molecule has 5 rings (SSSR count). The van der Waals surface area contributed by atoms with Gasteiger partial charge in [0.05, 0.1) is 30.8 Å². The third-order valence-electron chi connectivity index (χ3n) is 11.2. The Bertz CT molecular complexity index is 853. The number of aliphatic hydroxyl groups excluding tert-OH is 6. The molecule has 36 heavy (non-hydrogen) atoms. The fourth-order valence-electron chi connectivity index (χ4n) is 9.50. The van der Waals surface area contributed by atoms with Crippen molar-refractivity contribution in [2.24, 2.45) is 34.0 Å². The Morgan fingerprint density at radius 2 is 1.69 bits per heavy atom. The number of rotatable bonds is 5. The molecule has 4 aliphatic carbocycles. The van der Waals surface area contributed by atoms with Gasteiger partial charge in [0.15, 0.2) is 0 Å². The molecule has 5 fully saturated rings. The fraction of sp³-hybridized carbons (Fsp3) is 0.962. The second kappa shape index (κ2) is 9.12. The summed E-state index contributed by atoms with van der Waals surface area (Å²) in [7, 11) is 0. The molecule has 0 amide bonds. The van der Waals surface area contributed by atoms with Crippen LogP contribution in [0.4, 0.5) is 0 Å². The van der Waals surface area contributed by atoms with Gasteiger partial charge in [0.2, 0.25) is 6.29 Å². The highest BCUT2D eigenvalue weighted by Gasteiger charge is 2.69. The Hall–Kier alpha value is -0.850. The summed E-state index contributed by atoms with van der Waals surface area (Å²) in [5, 5.41) is 71.9. The van der Waals surface area contributed by atoms with E-state index >= 15 is 0 Å². The highest BCUT2D eigenvalue weighted by molar-refractivity contribution is 5.78. The Balaban J connectivity index is 1.41. The molecule has 0 aromatic heterocycles. The molecule has 206 valence electrons. The van der Waals surface area contributed by atoms with Crippen LogP contribution < -0.4 is 0 Å². The van der Waals surface area contributed by atoms with E-state index in [9.17, 15) is 40.5 Å². The molecule has 0 aromatic rings. The number of hydrogen-bond donors (Lipinski definition) is 7. The normalized spacial score (nSPS) is 54.4. The summed E-state index contributed by atoms with van der Waals surface area (Å²) in [6.45, 7) is 0.908. The molecule has 0 radical (unpaired) electrons. The lowest BCUT2D eigenvalue weighted by molar-refractivity contribution is -0.299. The summed E-state index contributed by atoms with van der Waals surface area (Å²) in [6, 6.07) is 0. The molecule has 5 aliphatic rings. The van der Waals surface area contributed by atoms with Crippen molar-refractivity contribution in [3.63, 3.8) is 0 Å². The van der Waals surface area contributed by atoms with Gasteiger partial charge in [-0.05, 0) is 80.0 Å². The molecular weight excluding hydrogens is 472 g/mol. The number of esters is 1. The van der Waals surface area contributed by atoms with E-state index in [1.807, 2.05) is 0 Å². The van der Waals surface area contributed by atoms with Crippen molar-refractivity contribution in [2.45, 2.75) is 101 Å². The second-order valence-corrected chi connectivity index (χ2v) is 12.7. The van der Waals surface area contributed by atoms with E-state index in [1.165, 1.54) is 0 Å². The Morgan fingerprint density at radius 3 is 2.36 bits per heavy atom. The first-order valence-electron chi connectivity index (χ1n) is 13.5. The molecule has 4 saturated carbocycles. The number of aliphatic hydroxyl groups is 7. The van der Waals surface area contributed by atoms with Crippen LogP contribution >= 0.6 is 0 Å². The van der Waals surface area contributed by atoms with E-state index in [4.69, 9.17) is 9.47 Å². The number of carbonyl (C=O) groups excluding carboxylic acids is 1. The molecule has 10 heteroatoms. The van der Waals surface area contributed by atoms with Crippen LogP contribution in [0.15, 0.2) is 0 Å². The lowest BCUT2D eigenvalue weighted by Gasteiger charge is -2.63. The molecule has 1 heterocycles. The van der Waals surface area contributed by atoms with Crippen LogP contribution in [0.5, 0.6) is 0 Å². The average Bonchev–Trinajstić information content (AvgIpc) is 3.08. The van der Waals surface area contributed by atoms with Gasteiger partial charge in [-0.2, -0.15) is 0 Å². The average molecular weight is 515 g/mol. The Labute approximate surface area is 211 Å². The van der Waals surface area contributed by atoms with Crippen molar-refractivity contribution in [3.05, 3.63) is 0 Å². The monoisotopic (exact) mass is 514 g/mol. The van der Waals surface area contributed by atoms with Gasteiger partial charge in [-0.3, -0.25) is 4.79 Å². The largest absolute Gasteiger partial charge is 0.432 e. The van der Waals surface area contributed by atoms with Crippen LogP contribution in [-0.2, 0) is 14.3 Å². The summed E-state index contributed by atoms with van der Waals surface area (Å²) >= 11 is 0. The zero-order valence-electron chi connectivity index (χ0n) is 21.0. The van der Waals surface area contributed by atoms with Crippen LogP contribution in [-0.4, -0.2) is 97.8 Å². The van der Waals surface area contributed by atoms with E-state index < -0.39 is 60.9 Å². The van der Waals surface area contributed by atoms with Gasteiger partial charge in [0.25, 0.3) is 0 Å². The van der Waals surface area contributed by atoms with Crippen LogP contribution in [0.1, 0.15) is 64.7 Å². The van der Waals surface area contributed by atoms with Crippen LogP contribution in [0.2, 0.25) is 0 Å². The van der Waals surface area contributed by atoms with Gasteiger partial charge in [-0.15, -0.1) is 0 Å². The predicted molar refractivity (Wildman–Crippen MR) is 124 cm³/mol. The summed E-state index contributed by atoms with van der Waals surface area (Å²) < 4.78 is 11.0. The lowest BCUT2D eigenvalue weighted by Crippen LogP contribution is -2.63. The van der Waals surface area contributed by atoms with Crippen LogP contribution in [0.3, 0.4) is 0 Å². The highest BCUT2D eigenvalue weighted by atomic mass is 16.7. The van der Waals surface area contributed by atoms with Gasteiger partial charge in [-0.1, -0.05) is 13.3 Å². The quantitative estimate of drug-likeness (QED) is 0.235. The van der Waals surface area contributed by atoms with Gasteiger partial charge >= 0.3 is 5.97 Å². The minimum atomic E-state index is -1.70. The number of hydrogen-bond acceptors (Lipinski definition) is 10. The topological polar surface area (TPSA) is 177 Å². The number of carbonyl (C=O) groups is 1. The minimum absolute atomic E-state index is 0.0845. The molecule has 10 nitrogen and oxygen atoms in total. The number of fused-ring (bicyclic) bond motifs is 3. The van der Waals surface area contributed by atoms with Crippen LogP contribution in [0, 0.1) is 34.0 Å². The van der Waals surface area contributed by atoms with Crippen molar-refractivity contribution in [3.8, 4) is 0 Å². The van der Waals surface area contributed by atoms with E-state index in [-0.39, 0.29) is 35.2 Å². The molecule has 12 atom stereocenters. The summed E-state index contributed by atoms with van der Waals surface area (Å²) in [5.41, 5.74) is -2.64. The molecule has 1 aliphatic heterocycles. The van der Waals surface area contributed by atoms with Gasteiger partial charge in [0.1, 0.15) is 24.4 Å². The van der Waals surface area contributed by atoms with E-state index in [0.717, 1.165) is 32.1 Å². The zero-order valence-corrected chi connectivity index (χ0v) is 21.0. The van der Waals surface area contributed by atoms with Gasteiger partial charge in [-0.25, -0.2) is 0 Å². The zero-order chi connectivity index (χ0) is 26.1. The maximum Gasteiger partial charge on any atom is 0.317 e. The van der Waals surface area contributed by atoms with E-state index in [0.29, 0.717) is 25.7 Å². The first-order valence-corrected chi connectivity index (χ1v) is 13.5. The SMILES string of the molecule is CC12CCCC(CO)(C(=O)OC3OC(CO)C(O)C(O)C3O)C1CCC13CC(CCC12)C(O)(CO)C3. The Morgan fingerprint density at radius 1 is 0.944 bits per heavy atom. The molecular formula is C26H42O10. The van der Waals surface area contributed by atoms with Gasteiger partial charge in [0, 0.05) is 0 Å². The highest BCUT2D eigenvalue weighted by Crippen LogP contribution is 2.73. The molecule has 12 unspecified atom stereocenters. The second-order valence-electron chi connectivity index (χ2n) is 12.7. The van der Waals surface area contributed by atoms with E-state index in [2.05, 4.69) is 6.92 Å². The standard InChI is InChI=1S/C26H42O10/c1-23-6-2-7-25(12-28,22(33)36-21-20(32)19(31)18(30)15(10-27)35-21)17(23)5-8-24-9-14(3-4-16(23)24)26(34,11-24)13-29/h14-21,27-32,34H,2-13H2,1H3. The maximum absolute atomic E-state index is 13.8. The summed E-state index contributed by atoms with van der Waals surface area (Å²) in [5.74, 6) is -0.558. The third kappa shape index (κ3) is 3.63. The van der Waals surface area contributed by atoms with Crippen LogP contribution in [0.25, 0.3) is 0 Å². The summed E-state index contributed by atoms with van der Waals surface area (Å²) in [6.07, 6.45) is -1.03. The minimum Gasteiger partial charge on any atom is -0.432 e. The van der Waals surface area contributed by atoms with E-state index in [1.54, 1.807) is 0 Å². The van der Waals surface area contributed by atoms with Crippen molar-refractivity contribution in [2.75, 3.05) is 19.8 Å².